The monoisotopic (exact) mass is 267 g/mol. The van der Waals surface area contributed by atoms with Crippen molar-refractivity contribution in [2.24, 2.45) is 0 Å². The number of imidazole rings is 1. The van der Waals surface area contributed by atoms with E-state index in [0.717, 1.165) is 24.3 Å². The normalized spacial score (nSPS) is 11.2. The first kappa shape index (κ1) is 13.1. The largest absolute Gasteiger partial charge is 0.336 e. The van der Waals surface area contributed by atoms with Gasteiger partial charge in [0, 0.05) is 24.8 Å². The van der Waals surface area contributed by atoms with E-state index in [1.54, 1.807) is 18.5 Å². The third-order valence-electron chi connectivity index (χ3n) is 2.65. The Hall–Kier alpha value is -1.39. The number of hydrogen-bond acceptors (Lipinski definition) is 2. The van der Waals surface area contributed by atoms with Gasteiger partial charge >= 0.3 is 0 Å². The van der Waals surface area contributed by atoms with E-state index in [1.165, 1.54) is 6.07 Å². The van der Waals surface area contributed by atoms with Crippen LogP contribution in [0.25, 0.3) is 11.3 Å². The van der Waals surface area contributed by atoms with Crippen molar-refractivity contribution in [3.63, 3.8) is 0 Å². The first-order valence-corrected chi connectivity index (χ1v) is 6.06. The molecule has 5 heteroatoms. The third-order valence-corrected chi connectivity index (χ3v) is 2.94. The molecule has 96 valence electrons. The number of likely N-dealkylation sites (N-methyl/N-ethyl adjacent to an activating group) is 1. The summed E-state index contributed by atoms with van der Waals surface area (Å²) in [7, 11) is 4.05. The maximum Gasteiger partial charge on any atom is 0.141 e. The second-order valence-electron chi connectivity index (χ2n) is 4.43. The lowest BCUT2D eigenvalue weighted by molar-refractivity contribution is 0.384. The molecule has 0 fully saturated rings. The van der Waals surface area contributed by atoms with Crippen molar-refractivity contribution in [1.29, 1.82) is 0 Å². The van der Waals surface area contributed by atoms with Gasteiger partial charge in [0.2, 0.25) is 0 Å². The van der Waals surface area contributed by atoms with Gasteiger partial charge in [0.25, 0.3) is 0 Å². The summed E-state index contributed by atoms with van der Waals surface area (Å²) in [5.74, 6) is -0.410. The quantitative estimate of drug-likeness (QED) is 0.849. The first-order valence-electron chi connectivity index (χ1n) is 5.68. The summed E-state index contributed by atoms with van der Waals surface area (Å²) in [5, 5.41) is 0.121. The van der Waals surface area contributed by atoms with E-state index in [9.17, 15) is 4.39 Å². The van der Waals surface area contributed by atoms with Crippen LogP contribution in [-0.4, -0.2) is 35.1 Å². The Labute approximate surface area is 111 Å². The maximum atomic E-state index is 13.1. The van der Waals surface area contributed by atoms with Crippen LogP contribution in [0, 0.1) is 5.82 Å². The lowest BCUT2D eigenvalue weighted by atomic mass is 10.2. The number of hydrogen-bond donors (Lipinski definition) is 0. The summed E-state index contributed by atoms with van der Waals surface area (Å²) in [5.41, 5.74) is 1.63. The highest BCUT2D eigenvalue weighted by Crippen LogP contribution is 2.23. The molecule has 0 aliphatic rings. The molecular formula is C13H15ClFN3. The van der Waals surface area contributed by atoms with E-state index in [4.69, 9.17) is 11.6 Å². The molecule has 0 unspecified atom stereocenters. The van der Waals surface area contributed by atoms with Gasteiger partial charge in [-0.2, -0.15) is 0 Å². The van der Waals surface area contributed by atoms with Gasteiger partial charge in [-0.15, -0.1) is 0 Å². The Morgan fingerprint density at radius 2 is 2.17 bits per heavy atom. The topological polar surface area (TPSA) is 21.1 Å². The molecule has 18 heavy (non-hydrogen) atoms. The fourth-order valence-electron chi connectivity index (χ4n) is 1.60. The summed E-state index contributed by atoms with van der Waals surface area (Å²) in [6.07, 6.45) is 3.71. The maximum absolute atomic E-state index is 13.1. The molecular weight excluding hydrogens is 253 g/mol. The van der Waals surface area contributed by atoms with Crippen molar-refractivity contribution in [1.82, 2.24) is 14.5 Å². The van der Waals surface area contributed by atoms with E-state index in [2.05, 4.69) is 9.88 Å². The van der Waals surface area contributed by atoms with Crippen LogP contribution >= 0.6 is 11.6 Å². The van der Waals surface area contributed by atoms with E-state index in [0.29, 0.717) is 0 Å². The molecule has 0 N–H and O–H groups in total. The van der Waals surface area contributed by atoms with E-state index >= 15 is 0 Å². The van der Waals surface area contributed by atoms with Crippen molar-refractivity contribution in [2.45, 2.75) is 6.54 Å². The highest BCUT2D eigenvalue weighted by molar-refractivity contribution is 6.31. The average molecular weight is 268 g/mol. The zero-order valence-electron chi connectivity index (χ0n) is 10.4. The van der Waals surface area contributed by atoms with Crippen LogP contribution in [-0.2, 0) is 6.54 Å². The molecule has 0 aliphatic heterocycles. The molecule has 1 aromatic heterocycles. The van der Waals surface area contributed by atoms with Crippen LogP contribution in [0.5, 0.6) is 0 Å². The van der Waals surface area contributed by atoms with E-state index < -0.39 is 5.82 Å². The molecule has 3 nitrogen and oxygen atoms in total. The molecule has 1 aromatic carbocycles. The van der Waals surface area contributed by atoms with Crippen LogP contribution < -0.4 is 0 Å². The van der Waals surface area contributed by atoms with Gasteiger partial charge in [0.05, 0.1) is 17.0 Å². The Morgan fingerprint density at radius 1 is 1.39 bits per heavy atom. The molecule has 0 bridgehead atoms. The fourth-order valence-corrected chi connectivity index (χ4v) is 1.78. The lowest BCUT2D eigenvalue weighted by Gasteiger charge is -2.08. The predicted molar refractivity (Wildman–Crippen MR) is 71.2 cm³/mol. The lowest BCUT2D eigenvalue weighted by Crippen LogP contribution is -2.17. The predicted octanol–water partition coefficient (Wildman–Crippen LogP) is 2.90. The molecule has 0 amide bonds. The number of halogens is 2. The Kier molecular flexibility index (Phi) is 3.99. The molecule has 0 saturated carbocycles. The van der Waals surface area contributed by atoms with Crippen LogP contribution in [0.1, 0.15) is 0 Å². The summed E-state index contributed by atoms with van der Waals surface area (Å²) >= 11 is 5.76. The molecule has 0 atom stereocenters. The summed E-state index contributed by atoms with van der Waals surface area (Å²) < 4.78 is 15.1. The zero-order chi connectivity index (χ0) is 13.1. The van der Waals surface area contributed by atoms with Crippen molar-refractivity contribution in [3.05, 3.63) is 41.6 Å². The van der Waals surface area contributed by atoms with Crippen LogP contribution in [0.3, 0.4) is 0 Å². The summed E-state index contributed by atoms with van der Waals surface area (Å²) in [6.45, 7) is 1.81. The third kappa shape index (κ3) is 3.09. The van der Waals surface area contributed by atoms with Gasteiger partial charge in [0.15, 0.2) is 0 Å². The van der Waals surface area contributed by atoms with Crippen LogP contribution in [0.15, 0.2) is 30.7 Å². The molecule has 0 radical (unpaired) electrons. The second kappa shape index (κ2) is 5.50. The highest BCUT2D eigenvalue weighted by atomic mass is 35.5. The molecule has 2 rings (SSSR count). The number of benzene rings is 1. The van der Waals surface area contributed by atoms with Crippen molar-refractivity contribution >= 4 is 11.6 Å². The molecule has 1 heterocycles. The second-order valence-corrected chi connectivity index (χ2v) is 4.84. The fraction of sp³-hybridized carbons (Fsp3) is 0.308. The number of nitrogens with zero attached hydrogens (tertiary/aromatic N) is 3. The van der Waals surface area contributed by atoms with Gasteiger partial charge in [-0.25, -0.2) is 9.37 Å². The minimum Gasteiger partial charge on any atom is -0.336 e. The molecule has 0 aliphatic carbocycles. The Balaban J connectivity index is 2.16. The smallest absolute Gasteiger partial charge is 0.141 e. The van der Waals surface area contributed by atoms with Crippen molar-refractivity contribution in [3.8, 4) is 11.3 Å². The first-order chi connectivity index (χ1) is 8.56. The minimum atomic E-state index is -0.410. The molecule has 0 saturated heterocycles. The summed E-state index contributed by atoms with van der Waals surface area (Å²) in [6, 6.07) is 4.63. The standard InChI is InChI=1S/C13H15ClFN3/c1-17(2)5-6-18-8-13(16-9-18)10-3-4-12(15)11(14)7-10/h3-4,7-9H,5-6H2,1-2H3. The average Bonchev–Trinajstić information content (AvgIpc) is 2.79. The van der Waals surface area contributed by atoms with Gasteiger partial charge in [0.1, 0.15) is 5.82 Å². The molecule has 2 aromatic rings. The number of aromatic nitrogens is 2. The van der Waals surface area contributed by atoms with Crippen LogP contribution in [0.4, 0.5) is 4.39 Å². The highest BCUT2D eigenvalue weighted by Gasteiger charge is 2.06. The zero-order valence-corrected chi connectivity index (χ0v) is 11.2. The van der Waals surface area contributed by atoms with Gasteiger partial charge in [-0.3, -0.25) is 0 Å². The SMILES string of the molecule is CN(C)CCn1cnc(-c2ccc(F)c(Cl)c2)c1. The van der Waals surface area contributed by atoms with E-state index in [1.807, 2.05) is 24.9 Å². The van der Waals surface area contributed by atoms with Crippen molar-refractivity contribution < 1.29 is 4.39 Å². The van der Waals surface area contributed by atoms with E-state index in [-0.39, 0.29) is 5.02 Å². The number of rotatable bonds is 4. The summed E-state index contributed by atoms with van der Waals surface area (Å²) in [4.78, 5) is 6.40. The van der Waals surface area contributed by atoms with Gasteiger partial charge < -0.3 is 9.47 Å². The van der Waals surface area contributed by atoms with Gasteiger partial charge in [-0.05, 0) is 32.3 Å². The molecule has 0 spiro atoms. The Morgan fingerprint density at radius 3 is 2.83 bits per heavy atom. The minimum absolute atomic E-state index is 0.121. The Bertz CT molecular complexity index is 537. The van der Waals surface area contributed by atoms with Crippen LogP contribution in [0.2, 0.25) is 5.02 Å². The van der Waals surface area contributed by atoms with Crippen molar-refractivity contribution in [2.75, 3.05) is 20.6 Å². The van der Waals surface area contributed by atoms with Gasteiger partial charge in [-0.1, -0.05) is 11.6 Å².